The van der Waals surface area contributed by atoms with Crippen LogP contribution >= 0.6 is 11.6 Å². The molecule has 0 amide bonds. The van der Waals surface area contributed by atoms with Crippen LogP contribution in [-0.2, 0) is 19.8 Å². The Balaban J connectivity index is 2.19. The Morgan fingerprint density at radius 3 is 2.53 bits per heavy atom. The van der Waals surface area contributed by atoms with Gasteiger partial charge in [-0.2, -0.15) is 13.2 Å². The van der Waals surface area contributed by atoms with Gasteiger partial charge in [-0.05, 0) is 18.2 Å². The minimum absolute atomic E-state index is 0.0622. The van der Waals surface area contributed by atoms with Gasteiger partial charge < -0.3 is 9.84 Å². The van der Waals surface area contributed by atoms with Gasteiger partial charge in [0.15, 0.2) is 5.75 Å². The molecule has 1 N–H and O–H groups in total. The van der Waals surface area contributed by atoms with Crippen molar-refractivity contribution < 1.29 is 27.4 Å². The monoisotopic (exact) mass is 445 g/mol. The van der Waals surface area contributed by atoms with E-state index in [1.807, 2.05) is 0 Å². The molecule has 0 spiro atoms. The summed E-state index contributed by atoms with van der Waals surface area (Å²) in [6.45, 7) is -0.485. The van der Waals surface area contributed by atoms with Crippen molar-refractivity contribution in [2.45, 2.75) is 12.8 Å². The number of aliphatic hydroxyl groups excluding tert-OH is 1. The van der Waals surface area contributed by atoms with Crippen LogP contribution in [0.4, 0.5) is 17.6 Å². The molecule has 0 aliphatic rings. The standard InChI is InChI=1S/C18H12ClF4N3O4/c1-25-15(18(21,22)23)7-16(28)26(17(25)29)12-6-14(9(19)5-10(12)20)30-13-3-2-4-24-11(13)8-27/h2-7,27H,8H2,1H3. The number of nitrogens with zero attached hydrogens (tertiary/aromatic N) is 3. The summed E-state index contributed by atoms with van der Waals surface area (Å²) in [5.74, 6) is -1.29. The molecule has 158 valence electrons. The number of rotatable bonds is 4. The number of aromatic nitrogens is 3. The summed E-state index contributed by atoms with van der Waals surface area (Å²) in [6, 6.07) is 4.73. The maximum absolute atomic E-state index is 14.5. The molecule has 7 nitrogen and oxygen atoms in total. The molecule has 3 rings (SSSR count). The summed E-state index contributed by atoms with van der Waals surface area (Å²) in [6.07, 6.45) is -3.57. The Labute approximate surface area is 170 Å². The summed E-state index contributed by atoms with van der Waals surface area (Å²) >= 11 is 5.96. The van der Waals surface area contributed by atoms with Crippen molar-refractivity contribution in [2.75, 3.05) is 0 Å². The van der Waals surface area contributed by atoms with Gasteiger partial charge >= 0.3 is 11.9 Å². The summed E-state index contributed by atoms with van der Waals surface area (Å²) < 4.78 is 59.4. The summed E-state index contributed by atoms with van der Waals surface area (Å²) in [7, 11) is 0.801. The number of alkyl halides is 3. The number of ether oxygens (including phenoxy) is 1. The van der Waals surface area contributed by atoms with Crippen LogP contribution in [0.25, 0.3) is 5.69 Å². The molecule has 0 radical (unpaired) electrons. The Morgan fingerprint density at radius 2 is 1.90 bits per heavy atom. The van der Waals surface area contributed by atoms with E-state index in [2.05, 4.69) is 4.98 Å². The molecule has 0 bridgehead atoms. The number of pyridine rings is 1. The molecule has 0 fully saturated rings. The minimum Gasteiger partial charge on any atom is -0.454 e. The Hall–Kier alpha value is -3.18. The molecule has 0 atom stereocenters. The lowest BCUT2D eigenvalue weighted by Crippen LogP contribution is -2.41. The van der Waals surface area contributed by atoms with Crippen molar-refractivity contribution in [2.24, 2.45) is 7.05 Å². The van der Waals surface area contributed by atoms with E-state index in [1.54, 1.807) is 0 Å². The molecule has 0 saturated heterocycles. The highest BCUT2D eigenvalue weighted by Crippen LogP contribution is 2.34. The first-order chi connectivity index (χ1) is 14.0. The van der Waals surface area contributed by atoms with Gasteiger partial charge in [0.2, 0.25) is 0 Å². The topological polar surface area (TPSA) is 86.3 Å². The van der Waals surface area contributed by atoms with Crippen LogP contribution in [-0.4, -0.2) is 19.2 Å². The average Bonchev–Trinajstić information content (AvgIpc) is 2.67. The van der Waals surface area contributed by atoms with Gasteiger partial charge in [0, 0.05) is 25.4 Å². The zero-order valence-corrected chi connectivity index (χ0v) is 15.8. The van der Waals surface area contributed by atoms with Crippen LogP contribution in [0.5, 0.6) is 11.5 Å². The van der Waals surface area contributed by atoms with Gasteiger partial charge in [-0.25, -0.2) is 13.8 Å². The predicted octanol–water partition coefficient (Wildman–Crippen LogP) is 3.03. The van der Waals surface area contributed by atoms with Crippen molar-refractivity contribution in [1.29, 1.82) is 0 Å². The lowest BCUT2D eigenvalue weighted by Gasteiger charge is -2.16. The van der Waals surface area contributed by atoms with Crippen molar-refractivity contribution >= 4 is 11.6 Å². The molecule has 2 heterocycles. The minimum atomic E-state index is -4.96. The fraction of sp³-hybridized carbons (Fsp3) is 0.167. The highest BCUT2D eigenvalue weighted by molar-refractivity contribution is 6.32. The van der Waals surface area contributed by atoms with Crippen LogP contribution in [0, 0.1) is 5.82 Å². The molecule has 0 unspecified atom stereocenters. The van der Waals surface area contributed by atoms with E-state index in [0.717, 1.165) is 19.2 Å². The smallest absolute Gasteiger partial charge is 0.431 e. The third-order valence-electron chi connectivity index (χ3n) is 4.07. The Bertz CT molecular complexity index is 1240. The first kappa shape index (κ1) is 21.5. The molecule has 1 aromatic carbocycles. The molecule has 30 heavy (non-hydrogen) atoms. The highest BCUT2D eigenvalue weighted by atomic mass is 35.5. The van der Waals surface area contributed by atoms with Crippen molar-refractivity contribution in [3.8, 4) is 17.2 Å². The van der Waals surface area contributed by atoms with Crippen molar-refractivity contribution in [3.05, 3.63) is 79.6 Å². The number of aliphatic hydroxyl groups is 1. The normalized spacial score (nSPS) is 11.6. The van der Waals surface area contributed by atoms with E-state index in [0.29, 0.717) is 0 Å². The van der Waals surface area contributed by atoms with Crippen molar-refractivity contribution in [3.63, 3.8) is 0 Å². The van der Waals surface area contributed by atoms with E-state index in [-0.39, 0.29) is 37.4 Å². The molecule has 12 heteroatoms. The van der Waals surface area contributed by atoms with Gasteiger partial charge in [-0.15, -0.1) is 0 Å². The van der Waals surface area contributed by atoms with Crippen molar-refractivity contribution in [1.82, 2.24) is 14.1 Å². The molecular formula is C18H12ClF4N3O4. The zero-order chi connectivity index (χ0) is 22.2. The number of benzene rings is 1. The second-order valence-corrected chi connectivity index (χ2v) is 6.39. The summed E-state index contributed by atoms with van der Waals surface area (Å²) in [5.41, 5.74) is -4.83. The Morgan fingerprint density at radius 1 is 1.20 bits per heavy atom. The van der Waals surface area contributed by atoms with Crippen LogP contribution in [0.3, 0.4) is 0 Å². The van der Waals surface area contributed by atoms with Gasteiger partial charge in [0.1, 0.15) is 23.0 Å². The van der Waals surface area contributed by atoms with Gasteiger partial charge in [-0.3, -0.25) is 14.3 Å². The molecule has 0 saturated carbocycles. The molecule has 0 aliphatic heterocycles. The lowest BCUT2D eigenvalue weighted by atomic mass is 10.2. The maximum atomic E-state index is 14.5. The van der Waals surface area contributed by atoms with Gasteiger partial charge in [-0.1, -0.05) is 11.6 Å². The second-order valence-electron chi connectivity index (χ2n) is 5.99. The maximum Gasteiger partial charge on any atom is 0.431 e. The van der Waals surface area contributed by atoms with Crippen LogP contribution in [0.15, 0.2) is 46.1 Å². The van der Waals surface area contributed by atoms with E-state index < -0.39 is 41.2 Å². The molecular weight excluding hydrogens is 434 g/mol. The van der Waals surface area contributed by atoms with Gasteiger partial charge in [0.25, 0.3) is 5.56 Å². The van der Waals surface area contributed by atoms with E-state index >= 15 is 0 Å². The third-order valence-corrected chi connectivity index (χ3v) is 4.37. The fourth-order valence-electron chi connectivity index (χ4n) is 2.64. The summed E-state index contributed by atoms with van der Waals surface area (Å²) in [4.78, 5) is 28.5. The zero-order valence-electron chi connectivity index (χ0n) is 15.1. The quantitative estimate of drug-likeness (QED) is 0.624. The first-order valence-corrected chi connectivity index (χ1v) is 8.54. The highest BCUT2D eigenvalue weighted by Gasteiger charge is 2.35. The van der Waals surface area contributed by atoms with Crippen LogP contribution < -0.4 is 16.0 Å². The average molecular weight is 446 g/mol. The molecule has 2 aromatic heterocycles. The lowest BCUT2D eigenvalue weighted by molar-refractivity contribution is -0.144. The SMILES string of the molecule is Cn1c(C(F)(F)F)cc(=O)n(-c2cc(Oc3cccnc3CO)c(Cl)cc2F)c1=O. The first-order valence-electron chi connectivity index (χ1n) is 8.17. The van der Waals surface area contributed by atoms with E-state index in [1.165, 1.54) is 18.3 Å². The van der Waals surface area contributed by atoms with Gasteiger partial charge in [0.05, 0.1) is 17.3 Å². The fourth-order valence-corrected chi connectivity index (χ4v) is 2.83. The summed E-state index contributed by atoms with van der Waals surface area (Å²) in [5, 5.41) is 9.07. The number of hydrogen-bond donors (Lipinski definition) is 1. The van der Waals surface area contributed by atoms with Crippen LogP contribution in [0.1, 0.15) is 11.4 Å². The number of halogens is 5. The number of hydrogen-bond acceptors (Lipinski definition) is 5. The Kier molecular flexibility index (Phi) is 5.68. The molecule has 0 aliphatic carbocycles. The van der Waals surface area contributed by atoms with E-state index in [4.69, 9.17) is 16.3 Å². The second kappa shape index (κ2) is 7.92. The van der Waals surface area contributed by atoms with Crippen LogP contribution in [0.2, 0.25) is 5.02 Å². The predicted molar refractivity (Wildman–Crippen MR) is 97.5 cm³/mol. The third kappa shape index (κ3) is 3.94. The largest absolute Gasteiger partial charge is 0.454 e. The van der Waals surface area contributed by atoms with E-state index in [9.17, 15) is 32.3 Å². The molecule has 3 aromatic rings.